The summed E-state index contributed by atoms with van der Waals surface area (Å²) in [6, 6.07) is 5.96. The highest BCUT2D eigenvalue weighted by atomic mass is 19.3. The molecule has 1 unspecified atom stereocenters. The van der Waals surface area contributed by atoms with Crippen molar-refractivity contribution in [2.75, 3.05) is 5.32 Å². The zero-order valence-electron chi connectivity index (χ0n) is 10.1. The van der Waals surface area contributed by atoms with Crippen LogP contribution in [0.1, 0.15) is 30.1 Å². The minimum atomic E-state index is -2.41. The van der Waals surface area contributed by atoms with E-state index in [9.17, 15) is 13.6 Å². The molecule has 18 heavy (non-hydrogen) atoms. The number of anilines is 1. The molecule has 1 saturated carbocycles. The van der Waals surface area contributed by atoms with Gasteiger partial charge >= 0.3 is 0 Å². The third-order valence-electron chi connectivity index (χ3n) is 2.83. The fourth-order valence-electron chi connectivity index (χ4n) is 1.54. The first-order chi connectivity index (χ1) is 8.56. The van der Waals surface area contributed by atoms with E-state index < -0.39 is 12.5 Å². The summed E-state index contributed by atoms with van der Waals surface area (Å²) < 4.78 is 24.7. The molecule has 1 aliphatic rings. The standard InChI is InChI=1S/C13H16F2N2O/c1-8(12(14)15)16-10-4-2-9(3-5-10)13(18)17-11-6-7-11/h2-5,8,11-12,16H,6-7H2,1H3,(H,17,18). The van der Waals surface area contributed by atoms with Crippen LogP contribution in [0.25, 0.3) is 0 Å². The van der Waals surface area contributed by atoms with Crippen LogP contribution in [0, 0.1) is 0 Å². The Morgan fingerprint density at radius 3 is 2.39 bits per heavy atom. The average Bonchev–Trinajstić information content (AvgIpc) is 3.13. The molecule has 1 aromatic carbocycles. The quantitative estimate of drug-likeness (QED) is 0.848. The molecule has 1 aromatic rings. The molecule has 1 fully saturated rings. The van der Waals surface area contributed by atoms with Crippen molar-refractivity contribution < 1.29 is 13.6 Å². The van der Waals surface area contributed by atoms with E-state index in [-0.39, 0.29) is 5.91 Å². The minimum absolute atomic E-state index is 0.106. The molecule has 1 atom stereocenters. The SMILES string of the molecule is CC(Nc1ccc(C(=O)NC2CC2)cc1)C(F)F. The van der Waals surface area contributed by atoms with E-state index >= 15 is 0 Å². The Morgan fingerprint density at radius 1 is 1.28 bits per heavy atom. The Hall–Kier alpha value is -1.65. The van der Waals surface area contributed by atoms with Gasteiger partial charge in [0, 0.05) is 17.3 Å². The zero-order chi connectivity index (χ0) is 13.1. The largest absolute Gasteiger partial charge is 0.377 e. The molecule has 0 aromatic heterocycles. The molecule has 0 radical (unpaired) electrons. The van der Waals surface area contributed by atoms with Gasteiger partial charge in [-0.25, -0.2) is 8.78 Å². The molecule has 0 spiro atoms. The number of carbonyl (C=O) groups excluding carboxylic acids is 1. The number of hydrogen-bond acceptors (Lipinski definition) is 2. The van der Waals surface area contributed by atoms with Gasteiger partial charge in [0.2, 0.25) is 0 Å². The molecule has 5 heteroatoms. The summed E-state index contributed by atoms with van der Waals surface area (Å²) in [5.41, 5.74) is 1.14. The highest BCUT2D eigenvalue weighted by molar-refractivity contribution is 5.94. The summed E-state index contributed by atoms with van der Waals surface area (Å²) in [6.07, 6.45) is -0.336. The summed E-state index contributed by atoms with van der Waals surface area (Å²) in [5, 5.41) is 5.55. The highest BCUT2D eigenvalue weighted by Crippen LogP contribution is 2.20. The van der Waals surface area contributed by atoms with E-state index in [4.69, 9.17) is 0 Å². The lowest BCUT2D eigenvalue weighted by Gasteiger charge is -2.14. The molecule has 0 saturated heterocycles. The van der Waals surface area contributed by atoms with E-state index in [1.165, 1.54) is 6.92 Å². The molecule has 0 bridgehead atoms. The maximum absolute atomic E-state index is 12.3. The summed E-state index contributed by atoms with van der Waals surface area (Å²) in [5.74, 6) is -0.106. The van der Waals surface area contributed by atoms with Crippen molar-refractivity contribution in [3.05, 3.63) is 29.8 Å². The maximum atomic E-state index is 12.3. The average molecular weight is 254 g/mol. The van der Waals surface area contributed by atoms with Crippen LogP contribution < -0.4 is 10.6 Å². The zero-order valence-corrected chi connectivity index (χ0v) is 10.1. The van der Waals surface area contributed by atoms with Gasteiger partial charge in [-0.3, -0.25) is 4.79 Å². The lowest BCUT2D eigenvalue weighted by atomic mass is 10.2. The smallest absolute Gasteiger partial charge is 0.258 e. The van der Waals surface area contributed by atoms with Crippen molar-refractivity contribution in [1.82, 2.24) is 5.32 Å². The molecular weight excluding hydrogens is 238 g/mol. The first kappa shape index (κ1) is 12.8. The Labute approximate surface area is 105 Å². The number of halogens is 2. The number of hydrogen-bond donors (Lipinski definition) is 2. The van der Waals surface area contributed by atoms with Gasteiger partial charge in [0.25, 0.3) is 12.3 Å². The number of benzene rings is 1. The number of amides is 1. The van der Waals surface area contributed by atoms with Gasteiger partial charge in [-0.2, -0.15) is 0 Å². The van der Waals surface area contributed by atoms with Crippen molar-refractivity contribution >= 4 is 11.6 Å². The van der Waals surface area contributed by atoms with Crippen LogP contribution in [0.2, 0.25) is 0 Å². The monoisotopic (exact) mass is 254 g/mol. The molecule has 3 nitrogen and oxygen atoms in total. The predicted octanol–water partition coefficient (Wildman–Crippen LogP) is 2.64. The first-order valence-corrected chi connectivity index (χ1v) is 6.02. The van der Waals surface area contributed by atoms with E-state index in [1.807, 2.05) is 0 Å². The van der Waals surface area contributed by atoms with Crippen molar-refractivity contribution in [1.29, 1.82) is 0 Å². The molecule has 0 heterocycles. The van der Waals surface area contributed by atoms with E-state index in [2.05, 4.69) is 10.6 Å². The third kappa shape index (κ3) is 3.42. The predicted molar refractivity (Wildman–Crippen MR) is 66.0 cm³/mol. The Morgan fingerprint density at radius 2 is 1.89 bits per heavy atom. The molecule has 1 aliphatic carbocycles. The molecule has 1 amide bonds. The molecular formula is C13H16F2N2O. The van der Waals surface area contributed by atoms with Crippen LogP contribution in [0.3, 0.4) is 0 Å². The van der Waals surface area contributed by atoms with Crippen molar-refractivity contribution in [2.45, 2.75) is 38.3 Å². The Balaban J connectivity index is 1.93. The molecule has 98 valence electrons. The number of alkyl halides is 2. The minimum Gasteiger partial charge on any atom is -0.377 e. The molecule has 2 N–H and O–H groups in total. The number of nitrogens with one attached hydrogen (secondary N) is 2. The van der Waals surface area contributed by atoms with Gasteiger partial charge in [-0.05, 0) is 44.0 Å². The van der Waals surface area contributed by atoms with Gasteiger partial charge in [0.05, 0.1) is 6.04 Å². The summed E-state index contributed by atoms with van der Waals surface area (Å²) in [4.78, 5) is 11.7. The second kappa shape index (κ2) is 5.33. The van der Waals surface area contributed by atoms with Gasteiger partial charge in [0.15, 0.2) is 0 Å². The Bertz CT molecular complexity index is 416. The van der Waals surface area contributed by atoms with Crippen molar-refractivity contribution in [2.24, 2.45) is 0 Å². The fourth-order valence-corrected chi connectivity index (χ4v) is 1.54. The van der Waals surface area contributed by atoms with Crippen molar-refractivity contribution in [3.63, 3.8) is 0 Å². The Kier molecular flexibility index (Phi) is 3.79. The lowest BCUT2D eigenvalue weighted by molar-refractivity contribution is 0.0951. The van der Waals surface area contributed by atoms with Crippen molar-refractivity contribution in [3.8, 4) is 0 Å². The second-order valence-electron chi connectivity index (χ2n) is 4.59. The number of carbonyl (C=O) groups is 1. The van der Waals surface area contributed by atoms with Crippen LogP contribution in [0.5, 0.6) is 0 Å². The second-order valence-corrected chi connectivity index (χ2v) is 4.59. The fraction of sp³-hybridized carbons (Fsp3) is 0.462. The number of rotatable bonds is 5. The van der Waals surface area contributed by atoms with Gasteiger partial charge in [-0.15, -0.1) is 0 Å². The van der Waals surface area contributed by atoms with Crippen LogP contribution >= 0.6 is 0 Å². The summed E-state index contributed by atoms with van der Waals surface area (Å²) in [6.45, 7) is 1.42. The third-order valence-corrected chi connectivity index (χ3v) is 2.83. The van der Waals surface area contributed by atoms with Gasteiger partial charge < -0.3 is 10.6 Å². The van der Waals surface area contributed by atoms with E-state index in [0.717, 1.165) is 12.8 Å². The molecule has 0 aliphatic heterocycles. The van der Waals surface area contributed by atoms with Gasteiger partial charge in [-0.1, -0.05) is 0 Å². The van der Waals surface area contributed by atoms with Crippen LogP contribution in [-0.4, -0.2) is 24.4 Å². The lowest BCUT2D eigenvalue weighted by Crippen LogP contribution is -2.25. The van der Waals surface area contributed by atoms with Gasteiger partial charge in [0.1, 0.15) is 0 Å². The maximum Gasteiger partial charge on any atom is 0.258 e. The highest BCUT2D eigenvalue weighted by Gasteiger charge is 2.23. The summed E-state index contributed by atoms with van der Waals surface area (Å²) >= 11 is 0. The summed E-state index contributed by atoms with van der Waals surface area (Å²) in [7, 11) is 0. The van der Waals surface area contributed by atoms with E-state index in [0.29, 0.717) is 17.3 Å². The molecule has 2 rings (SSSR count). The first-order valence-electron chi connectivity index (χ1n) is 6.02. The van der Waals surface area contributed by atoms with Crippen LogP contribution in [0.15, 0.2) is 24.3 Å². The normalized spacial score (nSPS) is 16.4. The van der Waals surface area contributed by atoms with E-state index in [1.54, 1.807) is 24.3 Å². The topological polar surface area (TPSA) is 41.1 Å². The van der Waals surface area contributed by atoms with Crippen LogP contribution in [0.4, 0.5) is 14.5 Å². The van der Waals surface area contributed by atoms with Crippen LogP contribution in [-0.2, 0) is 0 Å².